The predicted octanol–water partition coefficient (Wildman–Crippen LogP) is 5.30. The van der Waals surface area contributed by atoms with E-state index in [0.29, 0.717) is 23.5 Å². The van der Waals surface area contributed by atoms with Crippen molar-refractivity contribution in [2.75, 3.05) is 5.32 Å². The van der Waals surface area contributed by atoms with Gasteiger partial charge in [-0.3, -0.25) is 4.98 Å². The molecule has 0 aliphatic rings. The fourth-order valence-electron chi connectivity index (χ4n) is 2.88. The maximum absolute atomic E-state index is 14.1. The van der Waals surface area contributed by atoms with Crippen LogP contribution in [0.25, 0.3) is 22.2 Å². The lowest BCUT2D eigenvalue weighted by Gasteiger charge is -2.13. The van der Waals surface area contributed by atoms with Gasteiger partial charge in [-0.05, 0) is 25.1 Å². The van der Waals surface area contributed by atoms with E-state index in [0.717, 1.165) is 16.5 Å². The van der Waals surface area contributed by atoms with Gasteiger partial charge in [-0.25, -0.2) is 19.3 Å². The molecule has 29 heavy (non-hydrogen) atoms. The minimum Gasteiger partial charge on any atom is -0.322 e. The molecule has 4 rings (SSSR count). The smallest absolute Gasteiger partial charge is 0.322 e. The number of rotatable bonds is 3. The normalized spacial score (nSPS) is 11.6. The quantitative estimate of drug-likeness (QED) is 0.474. The summed E-state index contributed by atoms with van der Waals surface area (Å²) < 4.78 is 52.2. The molecule has 0 fully saturated rings. The molecular weight excluding hydrogens is 386 g/mol. The molecule has 3 aromatic heterocycles. The van der Waals surface area contributed by atoms with Crippen LogP contribution in [-0.4, -0.2) is 19.9 Å². The Hall–Kier alpha value is -3.62. The molecule has 0 aliphatic carbocycles. The van der Waals surface area contributed by atoms with Crippen molar-refractivity contribution in [3.8, 4) is 11.3 Å². The highest BCUT2D eigenvalue weighted by Gasteiger charge is 2.32. The van der Waals surface area contributed by atoms with Gasteiger partial charge < -0.3 is 5.32 Å². The van der Waals surface area contributed by atoms with Crippen LogP contribution in [0, 0.1) is 12.7 Å². The number of pyridine rings is 2. The summed E-state index contributed by atoms with van der Waals surface area (Å²) in [4.78, 5) is 16.2. The standard InChI is InChI=1S/C20H13F4N5/c1-11-17(13-5-4-12-3-2-6-25-16(12)7-13)27-10-28-18(11)29-19-15(21)8-14(9-26-19)20(22,23)24/h2-10H,1H3,(H,26,27,28,29). The second kappa shape index (κ2) is 7.08. The van der Waals surface area contributed by atoms with Crippen LogP contribution >= 0.6 is 0 Å². The molecule has 0 aliphatic heterocycles. The van der Waals surface area contributed by atoms with Crippen LogP contribution in [0.2, 0.25) is 0 Å². The molecule has 0 unspecified atom stereocenters. The zero-order valence-corrected chi connectivity index (χ0v) is 15.0. The zero-order chi connectivity index (χ0) is 20.6. The summed E-state index contributed by atoms with van der Waals surface area (Å²) >= 11 is 0. The molecule has 0 spiro atoms. The number of halogens is 4. The lowest BCUT2D eigenvalue weighted by molar-refractivity contribution is -0.138. The maximum atomic E-state index is 14.1. The van der Waals surface area contributed by atoms with Gasteiger partial charge in [-0.2, -0.15) is 13.2 Å². The maximum Gasteiger partial charge on any atom is 0.417 e. The number of nitrogens with zero attached hydrogens (tertiary/aromatic N) is 4. The third-order valence-electron chi connectivity index (χ3n) is 4.37. The van der Waals surface area contributed by atoms with E-state index in [1.165, 1.54) is 6.33 Å². The van der Waals surface area contributed by atoms with Gasteiger partial charge in [-0.1, -0.05) is 18.2 Å². The van der Waals surface area contributed by atoms with E-state index in [1.54, 1.807) is 13.1 Å². The van der Waals surface area contributed by atoms with E-state index in [2.05, 4.69) is 25.3 Å². The number of anilines is 2. The SMILES string of the molecule is Cc1c(Nc2ncc(C(F)(F)F)cc2F)ncnc1-c1ccc2cccnc2c1. The average Bonchev–Trinajstić information content (AvgIpc) is 2.70. The molecule has 5 nitrogen and oxygen atoms in total. The Kier molecular flexibility index (Phi) is 4.57. The second-order valence-electron chi connectivity index (χ2n) is 6.28. The highest BCUT2D eigenvalue weighted by molar-refractivity contribution is 5.84. The van der Waals surface area contributed by atoms with Crippen LogP contribution in [0.15, 0.2) is 55.1 Å². The Balaban J connectivity index is 1.70. The highest BCUT2D eigenvalue weighted by Crippen LogP contribution is 2.32. The molecule has 0 bridgehead atoms. The van der Waals surface area contributed by atoms with Crippen molar-refractivity contribution in [2.24, 2.45) is 0 Å². The molecule has 9 heteroatoms. The third kappa shape index (κ3) is 3.71. The monoisotopic (exact) mass is 399 g/mol. The van der Waals surface area contributed by atoms with E-state index in [1.807, 2.05) is 30.3 Å². The van der Waals surface area contributed by atoms with E-state index in [9.17, 15) is 17.6 Å². The minimum atomic E-state index is -4.67. The summed E-state index contributed by atoms with van der Waals surface area (Å²) in [5, 5.41) is 3.62. The topological polar surface area (TPSA) is 63.6 Å². The largest absolute Gasteiger partial charge is 0.417 e. The molecule has 1 N–H and O–H groups in total. The fourth-order valence-corrected chi connectivity index (χ4v) is 2.88. The number of alkyl halides is 3. The number of aromatic nitrogens is 4. The summed E-state index contributed by atoms with van der Waals surface area (Å²) in [5.41, 5.74) is 1.57. The zero-order valence-electron chi connectivity index (χ0n) is 15.0. The Bertz CT molecular complexity index is 1210. The highest BCUT2D eigenvalue weighted by atomic mass is 19.4. The van der Waals surface area contributed by atoms with Crippen LogP contribution in [0.3, 0.4) is 0 Å². The van der Waals surface area contributed by atoms with Crippen molar-refractivity contribution in [1.82, 2.24) is 19.9 Å². The molecule has 0 radical (unpaired) electrons. The van der Waals surface area contributed by atoms with Gasteiger partial charge in [0.25, 0.3) is 0 Å². The van der Waals surface area contributed by atoms with Crippen molar-refractivity contribution in [2.45, 2.75) is 13.1 Å². The first kappa shape index (κ1) is 18.7. The van der Waals surface area contributed by atoms with Crippen LogP contribution < -0.4 is 5.32 Å². The van der Waals surface area contributed by atoms with E-state index >= 15 is 0 Å². The third-order valence-corrected chi connectivity index (χ3v) is 4.37. The van der Waals surface area contributed by atoms with Gasteiger partial charge in [-0.15, -0.1) is 0 Å². The first-order valence-electron chi connectivity index (χ1n) is 8.49. The van der Waals surface area contributed by atoms with Gasteiger partial charge >= 0.3 is 6.18 Å². The molecule has 0 atom stereocenters. The van der Waals surface area contributed by atoms with Gasteiger partial charge in [0.2, 0.25) is 0 Å². The Morgan fingerprint density at radius 3 is 2.52 bits per heavy atom. The first-order chi connectivity index (χ1) is 13.8. The van der Waals surface area contributed by atoms with Crippen LogP contribution in [-0.2, 0) is 6.18 Å². The summed E-state index contributed by atoms with van der Waals surface area (Å²) in [6, 6.07) is 9.81. The first-order valence-corrected chi connectivity index (χ1v) is 8.49. The molecule has 1 aromatic carbocycles. The van der Waals surface area contributed by atoms with Gasteiger partial charge in [0.1, 0.15) is 12.1 Å². The van der Waals surface area contributed by atoms with Gasteiger partial charge in [0.15, 0.2) is 11.6 Å². The molecule has 146 valence electrons. The lowest BCUT2D eigenvalue weighted by atomic mass is 10.0. The van der Waals surface area contributed by atoms with E-state index in [-0.39, 0.29) is 11.6 Å². The number of benzene rings is 1. The molecule has 0 saturated heterocycles. The molecular formula is C20H13F4N5. The summed E-state index contributed by atoms with van der Waals surface area (Å²) in [7, 11) is 0. The van der Waals surface area contributed by atoms with Gasteiger partial charge in [0.05, 0.1) is 16.8 Å². The molecule has 3 heterocycles. The minimum absolute atomic E-state index is 0.238. The number of nitrogens with one attached hydrogen (secondary N) is 1. The second-order valence-corrected chi connectivity index (χ2v) is 6.28. The molecule has 0 saturated carbocycles. The van der Waals surface area contributed by atoms with Crippen molar-refractivity contribution in [3.05, 3.63) is 72.1 Å². The summed E-state index contributed by atoms with van der Waals surface area (Å²) in [6.07, 6.45) is -1.13. The Morgan fingerprint density at radius 2 is 1.76 bits per heavy atom. The number of hydrogen-bond donors (Lipinski definition) is 1. The van der Waals surface area contributed by atoms with Crippen molar-refractivity contribution < 1.29 is 17.6 Å². The lowest BCUT2D eigenvalue weighted by Crippen LogP contribution is -2.09. The average molecular weight is 399 g/mol. The number of hydrogen-bond acceptors (Lipinski definition) is 5. The summed E-state index contributed by atoms with van der Waals surface area (Å²) in [5.74, 6) is -1.25. The Labute approximate surface area is 162 Å². The molecule has 0 amide bonds. The Morgan fingerprint density at radius 1 is 0.931 bits per heavy atom. The van der Waals surface area contributed by atoms with Crippen LogP contribution in [0.5, 0.6) is 0 Å². The van der Waals surface area contributed by atoms with Gasteiger partial charge in [0, 0.05) is 28.9 Å². The number of fused-ring (bicyclic) bond motifs is 1. The predicted molar refractivity (Wildman–Crippen MR) is 100.0 cm³/mol. The fraction of sp³-hybridized carbons (Fsp3) is 0.100. The van der Waals surface area contributed by atoms with Crippen molar-refractivity contribution in [1.29, 1.82) is 0 Å². The van der Waals surface area contributed by atoms with Crippen LogP contribution in [0.1, 0.15) is 11.1 Å². The van der Waals surface area contributed by atoms with E-state index in [4.69, 9.17) is 0 Å². The van der Waals surface area contributed by atoms with Crippen molar-refractivity contribution in [3.63, 3.8) is 0 Å². The summed E-state index contributed by atoms with van der Waals surface area (Å²) in [6.45, 7) is 1.72. The van der Waals surface area contributed by atoms with Crippen LogP contribution in [0.4, 0.5) is 29.2 Å². The van der Waals surface area contributed by atoms with Crippen molar-refractivity contribution >= 4 is 22.5 Å². The van der Waals surface area contributed by atoms with E-state index < -0.39 is 17.6 Å². The molecule has 4 aromatic rings.